The van der Waals surface area contributed by atoms with Crippen LogP contribution in [0.15, 0.2) is 59.6 Å². The van der Waals surface area contributed by atoms with Gasteiger partial charge in [0.25, 0.3) is 11.8 Å². The fraction of sp³-hybridized carbons (Fsp3) is 0.190. The van der Waals surface area contributed by atoms with Crippen LogP contribution in [0.5, 0.6) is 11.5 Å². The van der Waals surface area contributed by atoms with Gasteiger partial charge in [0.15, 0.2) is 5.11 Å². The molecule has 0 bridgehead atoms. The van der Waals surface area contributed by atoms with E-state index in [0.29, 0.717) is 46.9 Å². The zero-order valence-electron chi connectivity index (χ0n) is 16.8. The second-order valence-corrected chi connectivity index (χ2v) is 7.24. The number of amides is 2. The highest BCUT2D eigenvalue weighted by Crippen LogP contribution is 2.26. The summed E-state index contributed by atoms with van der Waals surface area (Å²) in [5.41, 5.74) is 5.67. The van der Waals surface area contributed by atoms with E-state index in [4.69, 9.17) is 26.4 Å². The second-order valence-electron chi connectivity index (χ2n) is 5.97. The average Bonchev–Trinajstić information content (AvgIpc) is 2.77. The van der Waals surface area contributed by atoms with Crippen LogP contribution >= 0.6 is 28.1 Å². The number of methoxy groups -OCH3 is 1. The molecule has 3 N–H and O–H groups in total. The minimum Gasteiger partial charge on any atom is -0.490 e. The van der Waals surface area contributed by atoms with Gasteiger partial charge < -0.3 is 14.2 Å². The fourth-order valence-electron chi connectivity index (χ4n) is 2.24. The summed E-state index contributed by atoms with van der Waals surface area (Å²) in [6.45, 7) is 4.79. The molecule has 0 aliphatic carbocycles. The predicted molar refractivity (Wildman–Crippen MR) is 124 cm³/mol. The van der Waals surface area contributed by atoms with E-state index in [1.54, 1.807) is 55.7 Å². The summed E-state index contributed by atoms with van der Waals surface area (Å²) in [7, 11) is 1.58. The Bertz CT molecular complexity index is 937. The number of carbonyl (C=O) groups is 2. The minimum absolute atomic E-state index is 0.0548. The molecule has 0 aliphatic heterocycles. The van der Waals surface area contributed by atoms with E-state index in [1.165, 1.54) is 0 Å². The molecule has 0 atom stereocenters. The van der Waals surface area contributed by atoms with E-state index < -0.39 is 11.8 Å². The molecular weight excluding hydrogens is 486 g/mol. The highest BCUT2D eigenvalue weighted by atomic mass is 79.9. The van der Waals surface area contributed by atoms with Gasteiger partial charge in [-0.25, -0.2) is 0 Å². The first-order valence-corrected chi connectivity index (χ1v) is 10.3. The number of rotatable bonds is 9. The molecule has 2 amide bonds. The van der Waals surface area contributed by atoms with Crippen LogP contribution in [0.1, 0.15) is 20.7 Å². The highest BCUT2D eigenvalue weighted by molar-refractivity contribution is 9.10. The Morgan fingerprint density at radius 2 is 1.74 bits per heavy atom. The van der Waals surface area contributed by atoms with E-state index >= 15 is 0 Å². The third kappa shape index (κ3) is 8.00. The molecule has 0 heterocycles. The standard InChI is InChI=1S/C21H22BrN3O5S/c1-3-10-29-16-7-4-14(5-8-16)20(27)24-25-21(31)23-19(26)15-6-9-18(17(22)13-15)30-12-11-28-2/h3-9,13H,1,10-12H2,2H3,(H,24,27)(H2,23,25,26,31). The molecule has 0 unspecified atom stereocenters. The van der Waals surface area contributed by atoms with E-state index in [9.17, 15) is 9.59 Å². The highest BCUT2D eigenvalue weighted by Gasteiger charge is 2.12. The lowest BCUT2D eigenvalue weighted by molar-refractivity contribution is 0.0934. The molecule has 31 heavy (non-hydrogen) atoms. The van der Waals surface area contributed by atoms with Crippen LogP contribution in [-0.4, -0.2) is 43.9 Å². The molecule has 0 aliphatic rings. The number of hydrogen-bond acceptors (Lipinski definition) is 6. The van der Waals surface area contributed by atoms with Gasteiger partial charge in [0.2, 0.25) is 0 Å². The first-order chi connectivity index (χ1) is 14.9. The van der Waals surface area contributed by atoms with E-state index in [0.717, 1.165) is 0 Å². The lowest BCUT2D eigenvalue weighted by Crippen LogP contribution is -2.48. The normalized spacial score (nSPS) is 10.0. The topological polar surface area (TPSA) is 97.9 Å². The maximum Gasteiger partial charge on any atom is 0.269 e. The number of benzene rings is 2. The van der Waals surface area contributed by atoms with Crippen molar-refractivity contribution in [3.05, 3.63) is 70.7 Å². The Balaban J connectivity index is 1.83. The second kappa shape index (κ2) is 12.7. The zero-order chi connectivity index (χ0) is 22.6. The van der Waals surface area contributed by atoms with Gasteiger partial charge in [-0.3, -0.25) is 25.8 Å². The summed E-state index contributed by atoms with van der Waals surface area (Å²) in [4.78, 5) is 24.6. The average molecular weight is 508 g/mol. The van der Waals surface area contributed by atoms with Gasteiger partial charge >= 0.3 is 0 Å². The van der Waals surface area contributed by atoms with E-state index in [2.05, 4.69) is 38.7 Å². The minimum atomic E-state index is -0.445. The number of hydrazine groups is 1. The number of carbonyl (C=O) groups excluding carboxylic acids is 2. The van der Waals surface area contributed by atoms with Crippen LogP contribution in [0.2, 0.25) is 0 Å². The summed E-state index contributed by atoms with van der Waals surface area (Å²) < 4.78 is 16.4. The van der Waals surface area contributed by atoms with Gasteiger partial charge in [-0.05, 0) is 70.6 Å². The molecule has 0 fully saturated rings. The van der Waals surface area contributed by atoms with Crippen molar-refractivity contribution in [3.8, 4) is 11.5 Å². The van der Waals surface area contributed by atoms with E-state index in [-0.39, 0.29) is 5.11 Å². The Hall–Kier alpha value is -2.95. The number of hydrogen-bond donors (Lipinski definition) is 3. The molecule has 2 aromatic rings. The van der Waals surface area contributed by atoms with Gasteiger partial charge in [0.05, 0.1) is 11.1 Å². The van der Waals surface area contributed by atoms with Gasteiger partial charge in [-0.1, -0.05) is 12.7 Å². The van der Waals surface area contributed by atoms with Gasteiger partial charge in [-0.2, -0.15) is 0 Å². The largest absolute Gasteiger partial charge is 0.490 e. The fourth-order valence-corrected chi connectivity index (χ4v) is 2.88. The first-order valence-electron chi connectivity index (χ1n) is 9.11. The smallest absolute Gasteiger partial charge is 0.269 e. The Kier molecular flexibility index (Phi) is 9.95. The van der Waals surface area contributed by atoms with Crippen LogP contribution in [0.3, 0.4) is 0 Å². The molecule has 164 valence electrons. The molecule has 0 radical (unpaired) electrons. The molecule has 0 spiro atoms. The van der Waals surface area contributed by atoms with Gasteiger partial charge in [0.1, 0.15) is 24.7 Å². The molecule has 2 rings (SSSR count). The molecule has 0 saturated carbocycles. The molecule has 10 heteroatoms. The first kappa shape index (κ1) is 24.3. The molecule has 0 saturated heterocycles. The number of nitrogens with one attached hydrogen (secondary N) is 3. The lowest BCUT2D eigenvalue weighted by Gasteiger charge is -2.12. The van der Waals surface area contributed by atoms with Crippen molar-refractivity contribution < 1.29 is 23.8 Å². The van der Waals surface area contributed by atoms with Crippen molar-refractivity contribution >= 4 is 45.1 Å². The summed E-state index contributed by atoms with van der Waals surface area (Å²) in [5.74, 6) is 0.336. The summed E-state index contributed by atoms with van der Waals surface area (Å²) in [6, 6.07) is 11.4. The lowest BCUT2D eigenvalue weighted by atomic mass is 10.2. The third-order valence-electron chi connectivity index (χ3n) is 3.74. The molecule has 2 aromatic carbocycles. The SMILES string of the molecule is C=CCOc1ccc(C(=O)NNC(=S)NC(=O)c2ccc(OCCOC)c(Br)c2)cc1. The van der Waals surface area contributed by atoms with Crippen LogP contribution in [0.25, 0.3) is 0 Å². The Labute approximate surface area is 194 Å². The third-order valence-corrected chi connectivity index (χ3v) is 4.56. The van der Waals surface area contributed by atoms with Crippen molar-refractivity contribution in [2.24, 2.45) is 0 Å². The number of ether oxygens (including phenoxy) is 3. The summed E-state index contributed by atoms with van der Waals surface area (Å²) >= 11 is 8.42. The van der Waals surface area contributed by atoms with Crippen molar-refractivity contribution in [3.63, 3.8) is 0 Å². The molecule has 8 nitrogen and oxygen atoms in total. The van der Waals surface area contributed by atoms with Crippen LogP contribution < -0.4 is 25.6 Å². The van der Waals surface area contributed by atoms with Crippen molar-refractivity contribution in [2.75, 3.05) is 26.9 Å². The van der Waals surface area contributed by atoms with Crippen molar-refractivity contribution in [1.82, 2.24) is 16.2 Å². The quantitative estimate of drug-likeness (QED) is 0.207. The summed E-state index contributed by atoms with van der Waals surface area (Å²) in [6.07, 6.45) is 1.63. The Morgan fingerprint density at radius 1 is 1.03 bits per heavy atom. The maximum absolute atomic E-state index is 12.4. The summed E-state index contributed by atoms with van der Waals surface area (Å²) in [5, 5.41) is 2.44. The predicted octanol–water partition coefficient (Wildman–Crippen LogP) is 2.99. The van der Waals surface area contributed by atoms with Gasteiger partial charge in [0, 0.05) is 18.2 Å². The number of halogens is 1. The molecular formula is C21H22BrN3O5S. The van der Waals surface area contributed by atoms with Crippen LogP contribution in [-0.2, 0) is 4.74 Å². The zero-order valence-corrected chi connectivity index (χ0v) is 19.2. The van der Waals surface area contributed by atoms with Crippen molar-refractivity contribution in [2.45, 2.75) is 0 Å². The Morgan fingerprint density at radius 3 is 2.39 bits per heavy atom. The maximum atomic E-state index is 12.4. The molecule has 0 aromatic heterocycles. The van der Waals surface area contributed by atoms with Crippen LogP contribution in [0, 0.1) is 0 Å². The van der Waals surface area contributed by atoms with Crippen LogP contribution in [0.4, 0.5) is 0 Å². The number of thiocarbonyl (C=S) groups is 1. The monoisotopic (exact) mass is 507 g/mol. The van der Waals surface area contributed by atoms with E-state index in [1.807, 2.05) is 0 Å². The van der Waals surface area contributed by atoms with Gasteiger partial charge in [-0.15, -0.1) is 0 Å². The van der Waals surface area contributed by atoms with Crippen molar-refractivity contribution in [1.29, 1.82) is 0 Å².